The lowest BCUT2D eigenvalue weighted by molar-refractivity contribution is -0.132. The molecule has 0 unspecified atom stereocenters. The Kier molecular flexibility index (Phi) is 4.60. The molecular formula is C17H21N3O3. The van der Waals surface area contributed by atoms with E-state index in [9.17, 15) is 9.59 Å². The van der Waals surface area contributed by atoms with Crippen LogP contribution in [0.15, 0.2) is 35.2 Å². The van der Waals surface area contributed by atoms with E-state index in [1.54, 1.807) is 28.1 Å². The molecule has 23 heavy (non-hydrogen) atoms. The number of hydrogen-bond acceptors (Lipinski definition) is 4. The highest BCUT2D eigenvalue weighted by Gasteiger charge is 2.30. The Morgan fingerprint density at radius 3 is 3.00 bits per heavy atom. The molecule has 122 valence electrons. The Morgan fingerprint density at radius 1 is 1.43 bits per heavy atom. The van der Waals surface area contributed by atoms with Gasteiger partial charge in [0.1, 0.15) is 5.76 Å². The number of nitrogens with zero attached hydrogens (tertiary/aromatic N) is 3. The van der Waals surface area contributed by atoms with Crippen LogP contribution in [-0.4, -0.2) is 39.2 Å². The number of furan rings is 1. The number of rotatable bonds is 5. The molecule has 1 aliphatic heterocycles. The molecule has 6 nitrogen and oxygen atoms in total. The molecule has 1 amide bonds. The average Bonchev–Trinajstić information content (AvgIpc) is 3.23. The van der Waals surface area contributed by atoms with Crippen molar-refractivity contribution in [2.45, 2.75) is 25.7 Å². The lowest BCUT2D eigenvalue weighted by atomic mass is 9.93. The Balaban J connectivity index is 1.58. The van der Waals surface area contributed by atoms with E-state index in [-0.39, 0.29) is 17.6 Å². The van der Waals surface area contributed by atoms with Crippen molar-refractivity contribution in [3.63, 3.8) is 0 Å². The molecule has 1 fully saturated rings. The SMILES string of the molecule is Cn1ccnc1C(=O)[C@@H]1CCCN(C(=O)CCc2ccco2)C1. The summed E-state index contributed by atoms with van der Waals surface area (Å²) >= 11 is 0. The van der Waals surface area contributed by atoms with Crippen molar-refractivity contribution in [2.24, 2.45) is 13.0 Å². The Bertz CT molecular complexity index is 675. The van der Waals surface area contributed by atoms with E-state index in [0.717, 1.165) is 25.1 Å². The summed E-state index contributed by atoms with van der Waals surface area (Å²) in [7, 11) is 1.81. The summed E-state index contributed by atoms with van der Waals surface area (Å²) in [4.78, 5) is 30.9. The fourth-order valence-electron chi connectivity index (χ4n) is 3.05. The molecule has 0 spiro atoms. The van der Waals surface area contributed by atoms with Crippen molar-refractivity contribution in [3.05, 3.63) is 42.4 Å². The van der Waals surface area contributed by atoms with Gasteiger partial charge in [0.2, 0.25) is 11.7 Å². The van der Waals surface area contributed by atoms with Crippen molar-refractivity contribution >= 4 is 11.7 Å². The zero-order chi connectivity index (χ0) is 16.2. The van der Waals surface area contributed by atoms with Crippen LogP contribution >= 0.6 is 0 Å². The number of piperidine rings is 1. The summed E-state index contributed by atoms with van der Waals surface area (Å²) in [6.07, 6.45) is 7.69. The van der Waals surface area contributed by atoms with Gasteiger partial charge in [-0.2, -0.15) is 0 Å². The highest BCUT2D eigenvalue weighted by Crippen LogP contribution is 2.21. The number of likely N-dealkylation sites (tertiary alicyclic amines) is 1. The van der Waals surface area contributed by atoms with E-state index in [0.29, 0.717) is 25.2 Å². The largest absolute Gasteiger partial charge is 0.469 e. The summed E-state index contributed by atoms with van der Waals surface area (Å²) in [6.45, 7) is 1.21. The maximum atomic E-state index is 12.6. The molecule has 2 aromatic rings. The van der Waals surface area contributed by atoms with Crippen LogP contribution in [-0.2, 0) is 18.3 Å². The van der Waals surface area contributed by atoms with Gasteiger partial charge in [-0.05, 0) is 25.0 Å². The van der Waals surface area contributed by atoms with Crippen molar-refractivity contribution in [2.75, 3.05) is 13.1 Å². The first-order valence-corrected chi connectivity index (χ1v) is 7.97. The Hall–Kier alpha value is -2.37. The number of Topliss-reactive ketones (excluding diaryl/α,β-unsaturated/α-hetero) is 1. The molecule has 3 rings (SSSR count). The molecule has 0 aromatic carbocycles. The molecule has 2 aromatic heterocycles. The molecule has 6 heteroatoms. The average molecular weight is 315 g/mol. The minimum Gasteiger partial charge on any atom is -0.469 e. The maximum absolute atomic E-state index is 12.6. The number of ketones is 1. The summed E-state index contributed by atoms with van der Waals surface area (Å²) < 4.78 is 6.99. The van der Waals surface area contributed by atoms with E-state index < -0.39 is 0 Å². The first-order chi connectivity index (χ1) is 11.1. The second-order valence-corrected chi connectivity index (χ2v) is 5.98. The Morgan fingerprint density at radius 2 is 2.30 bits per heavy atom. The standard InChI is InChI=1S/C17H21N3O3/c1-19-10-8-18-17(19)16(22)13-4-2-9-20(12-13)15(21)7-6-14-5-3-11-23-14/h3,5,8,10-11,13H,2,4,6-7,9,12H2,1H3/t13-/m1/s1. The van der Waals surface area contributed by atoms with E-state index in [1.165, 1.54) is 0 Å². The third-order valence-corrected chi connectivity index (χ3v) is 4.35. The molecule has 0 N–H and O–H groups in total. The second-order valence-electron chi connectivity index (χ2n) is 5.98. The number of hydrogen-bond donors (Lipinski definition) is 0. The fraction of sp³-hybridized carbons (Fsp3) is 0.471. The van der Waals surface area contributed by atoms with Crippen LogP contribution < -0.4 is 0 Å². The van der Waals surface area contributed by atoms with Gasteiger partial charge in [0.25, 0.3) is 0 Å². The van der Waals surface area contributed by atoms with E-state index in [1.807, 2.05) is 19.2 Å². The fourth-order valence-corrected chi connectivity index (χ4v) is 3.05. The van der Waals surface area contributed by atoms with Crippen LogP contribution in [0.4, 0.5) is 0 Å². The summed E-state index contributed by atoms with van der Waals surface area (Å²) in [5.41, 5.74) is 0. The van der Waals surface area contributed by atoms with Crippen molar-refractivity contribution < 1.29 is 14.0 Å². The summed E-state index contributed by atoms with van der Waals surface area (Å²) in [6, 6.07) is 3.69. The number of amides is 1. The lowest BCUT2D eigenvalue weighted by Crippen LogP contribution is -2.42. The predicted octanol–water partition coefficient (Wildman–Crippen LogP) is 2.07. The summed E-state index contributed by atoms with van der Waals surface area (Å²) in [5, 5.41) is 0. The molecule has 1 aliphatic rings. The number of carbonyl (C=O) groups excluding carboxylic acids is 2. The van der Waals surface area contributed by atoms with E-state index >= 15 is 0 Å². The van der Waals surface area contributed by atoms with E-state index in [2.05, 4.69) is 4.98 Å². The number of aryl methyl sites for hydroxylation is 2. The molecule has 3 heterocycles. The first-order valence-electron chi connectivity index (χ1n) is 7.97. The van der Waals surface area contributed by atoms with Gasteiger partial charge in [0.05, 0.1) is 6.26 Å². The molecule has 0 radical (unpaired) electrons. The van der Waals surface area contributed by atoms with Gasteiger partial charge in [-0.15, -0.1) is 0 Å². The zero-order valence-electron chi connectivity index (χ0n) is 13.3. The zero-order valence-corrected chi connectivity index (χ0v) is 13.3. The topological polar surface area (TPSA) is 68.3 Å². The third kappa shape index (κ3) is 3.52. The van der Waals surface area contributed by atoms with Crippen LogP contribution in [0.3, 0.4) is 0 Å². The molecule has 0 saturated carbocycles. The van der Waals surface area contributed by atoms with E-state index in [4.69, 9.17) is 4.42 Å². The summed E-state index contributed by atoms with van der Waals surface area (Å²) in [5.74, 6) is 1.24. The highest BCUT2D eigenvalue weighted by atomic mass is 16.3. The normalized spacial score (nSPS) is 18.1. The molecular weight excluding hydrogens is 294 g/mol. The number of aromatic nitrogens is 2. The van der Waals surface area contributed by atoms with Crippen LogP contribution in [0.1, 0.15) is 35.6 Å². The lowest BCUT2D eigenvalue weighted by Gasteiger charge is -2.32. The maximum Gasteiger partial charge on any atom is 0.223 e. The van der Waals surface area contributed by atoms with Gasteiger partial charge >= 0.3 is 0 Å². The molecule has 0 bridgehead atoms. The van der Waals surface area contributed by atoms with Gasteiger partial charge in [-0.3, -0.25) is 9.59 Å². The molecule has 0 aliphatic carbocycles. The van der Waals surface area contributed by atoms with Gasteiger partial charge in [-0.1, -0.05) is 0 Å². The van der Waals surface area contributed by atoms with Crippen LogP contribution in [0.25, 0.3) is 0 Å². The monoisotopic (exact) mass is 315 g/mol. The van der Waals surface area contributed by atoms with Crippen molar-refractivity contribution in [1.82, 2.24) is 14.5 Å². The minimum atomic E-state index is -0.155. The first kappa shape index (κ1) is 15.5. The van der Waals surface area contributed by atoms with Crippen LogP contribution in [0, 0.1) is 5.92 Å². The van der Waals surface area contributed by atoms with Gasteiger partial charge in [0, 0.05) is 51.3 Å². The second kappa shape index (κ2) is 6.81. The van der Waals surface area contributed by atoms with Gasteiger partial charge < -0.3 is 13.9 Å². The quantitative estimate of drug-likeness (QED) is 0.792. The predicted molar refractivity (Wildman–Crippen MR) is 83.9 cm³/mol. The number of imidazole rings is 1. The smallest absolute Gasteiger partial charge is 0.223 e. The van der Waals surface area contributed by atoms with Crippen LogP contribution in [0.2, 0.25) is 0 Å². The van der Waals surface area contributed by atoms with Gasteiger partial charge in [0.15, 0.2) is 5.82 Å². The Labute approximate surface area is 135 Å². The van der Waals surface area contributed by atoms with Gasteiger partial charge in [-0.25, -0.2) is 4.98 Å². The minimum absolute atomic E-state index is 0.0287. The molecule has 1 atom stereocenters. The number of carbonyl (C=O) groups is 2. The molecule has 1 saturated heterocycles. The highest BCUT2D eigenvalue weighted by molar-refractivity contribution is 5.95. The third-order valence-electron chi connectivity index (χ3n) is 4.35. The van der Waals surface area contributed by atoms with Crippen molar-refractivity contribution in [3.8, 4) is 0 Å². The van der Waals surface area contributed by atoms with Crippen molar-refractivity contribution in [1.29, 1.82) is 0 Å². The van der Waals surface area contributed by atoms with Crippen LogP contribution in [0.5, 0.6) is 0 Å².